The highest BCUT2D eigenvalue weighted by Gasteiger charge is 2.24. The van der Waals surface area contributed by atoms with Crippen LogP contribution in [0.4, 0.5) is 10.3 Å². The Bertz CT molecular complexity index is 920. The summed E-state index contributed by atoms with van der Waals surface area (Å²) < 4.78 is 20.7. The standard InChI is InChI=1S/C19H20FN5O/c1-12(2)22-19-21-9-7-15(23-19)17-16-8-10-26-11-25(16)24-18(17)13-3-5-14(20)6-4-13/h3-7,9,12H,8,10-11H2,1-2H3,(H,21,22,23). The molecule has 0 amide bonds. The van der Waals surface area contributed by atoms with Crippen molar-refractivity contribution in [3.8, 4) is 22.5 Å². The highest BCUT2D eigenvalue weighted by molar-refractivity contribution is 5.81. The van der Waals surface area contributed by atoms with Gasteiger partial charge in [-0.2, -0.15) is 5.10 Å². The number of benzene rings is 1. The predicted molar refractivity (Wildman–Crippen MR) is 97.1 cm³/mol. The minimum atomic E-state index is -0.270. The maximum absolute atomic E-state index is 13.4. The number of halogens is 1. The number of fused-ring (bicyclic) bond motifs is 1. The van der Waals surface area contributed by atoms with Crippen molar-refractivity contribution in [2.75, 3.05) is 11.9 Å². The number of hydrogen-bond acceptors (Lipinski definition) is 5. The van der Waals surface area contributed by atoms with Gasteiger partial charge in [-0.05, 0) is 44.2 Å². The maximum Gasteiger partial charge on any atom is 0.223 e. The van der Waals surface area contributed by atoms with Crippen molar-refractivity contribution < 1.29 is 9.13 Å². The summed E-state index contributed by atoms with van der Waals surface area (Å²) in [5, 5.41) is 7.94. The van der Waals surface area contributed by atoms with Crippen LogP contribution in [0.25, 0.3) is 22.5 Å². The Morgan fingerprint density at radius 1 is 1.19 bits per heavy atom. The second kappa shape index (κ2) is 6.84. The van der Waals surface area contributed by atoms with Gasteiger partial charge in [0, 0.05) is 29.8 Å². The molecule has 6 nitrogen and oxygen atoms in total. The lowest BCUT2D eigenvalue weighted by atomic mass is 10.0. The van der Waals surface area contributed by atoms with E-state index in [0.717, 1.165) is 34.6 Å². The molecular weight excluding hydrogens is 333 g/mol. The number of ether oxygens (including phenoxy) is 1. The van der Waals surface area contributed by atoms with Crippen LogP contribution >= 0.6 is 0 Å². The SMILES string of the molecule is CC(C)Nc1nccc(-c2c(-c3ccc(F)cc3)nn3c2CCOC3)n1. The fraction of sp³-hybridized carbons (Fsp3) is 0.316. The molecule has 3 heterocycles. The van der Waals surface area contributed by atoms with Gasteiger partial charge in [-0.25, -0.2) is 19.0 Å². The summed E-state index contributed by atoms with van der Waals surface area (Å²) >= 11 is 0. The molecule has 0 radical (unpaired) electrons. The number of anilines is 1. The summed E-state index contributed by atoms with van der Waals surface area (Å²) in [4.78, 5) is 8.97. The second-order valence-electron chi connectivity index (χ2n) is 6.53. The van der Waals surface area contributed by atoms with E-state index in [1.54, 1.807) is 18.3 Å². The number of nitrogens with one attached hydrogen (secondary N) is 1. The zero-order valence-electron chi connectivity index (χ0n) is 14.7. The van der Waals surface area contributed by atoms with Crippen LogP contribution < -0.4 is 5.32 Å². The average molecular weight is 353 g/mol. The van der Waals surface area contributed by atoms with Crippen molar-refractivity contribution in [1.29, 1.82) is 0 Å². The Morgan fingerprint density at radius 3 is 2.77 bits per heavy atom. The molecule has 1 aliphatic rings. The molecule has 0 atom stereocenters. The zero-order valence-corrected chi connectivity index (χ0v) is 14.7. The lowest BCUT2D eigenvalue weighted by Gasteiger charge is -2.15. The number of rotatable bonds is 4. The van der Waals surface area contributed by atoms with E-state index in [0.29, 0.717) is 19.3 Å². The first kappa shape index (κ1) is 16.7. The Labute approximate surface area is 151 Å². The smallest absolute Gasteiger partial charge is 0.223 e. The first-order valence-electron chi connectivity index (χ1n) is 8.65. The Kier molecular flexibility index (Phi) is 4.38. The third-order valence-electron chi connectivity index (χ3n) is 4.20. The van der Waals surface area contributed by atoms with E-state index in [4.69, 9.17) is 9.84 Å². The molecule has 0 saturated heterocycles. The summed E-state index contributed by atoms with van der Waals surface area (Å²) in [5.74, 6) is 0.308. The van der Waals surface area contributed by atoms with Crippen LogP contribution in [0.3, 0.4) is 0 Å². The van der Waals surface area contributed by atoms with Crippen LogP contribution in [0.2, 0.25) is 0 Å². The molecule has 1 N–H and O–H groups in total. The first-order chi connectivity index (χ1) is 12.6. The number of aromatic nitrogens is 4. The van der Waals surface area contributed by atoms with E-state index in [1.807, 2.05) is 24.6 Å². The predicted octanol–water partition coefficient (Wildman–Crippen LogP) is 3.50. The van der Waals surface area contributed by atoms with E-state index in [2.05, 4.69) is 15.3 Å². The van der Waals surface area contributed by atoms with Gasteiger partial charge in [0.15, 0.2) is 0 Å². The Hall–Kier alpha value is -2.80. The van der Waals surface area contributed by atoms with Gasteiger partial charge in [-0.15, -0.1) is 0 Å². The molecule has 7 heteroatoms. The quantitative estimate of drug-likeness (QED) is 0.778. The van der Waals surface area contributed by atoms with Gasteiger partial charge in [0.2, 0.25) is 5.95 Å². The van der Waals surface area contributed by atoms with Crippen molar-refractivity contribution in [3.63, 3.8) is 0 Å². The highest BCUT2D eigenvalue weighted by atomic mass is 19.1. The summed E-state index contributed by atoms with van der Waals surface area (Å²) in [6, 6.07) is 8.48. The topological polar surface area (TPSA) is 64.9 Å². The van der Waals surface area contributed by atoms with Crippen LogP contribution in [0, 0.1) is 5.82 Å². The van der Waals surface area contributed by atoms with Crippen molar-refractivity contribution >= 4 is 5.95 Å². The third-order valence-corrected chi connectivity index (χ3v) is 4.20. The minimum absolute atomic E-state index is 0.233. The first-order valence-corrected chi connectivity index (χ1v) is 8.65. The summed E-state index contributed by atoms with van der Waals surface area (Å²) in [6.45, 7) is 5.13. The fourth-order valence-electron chi connectivity index (χ4n) is 3.08. The van der Waals surface area contributed by atoms with Crippen LogP contribution in [0.15, 0.2) is 36.5 Å². The van der Waals surface area contributed by atoms with Crippen molar-refractivity contribution in [1.82, 2.24) is 19.7 Å². The van der Waals surface area contributed by atoms with E-state index >= 15 is 0 Å². The molecule has 0 fully saturated rings. The Morgan fingerprint density at radius 2 is 2.00 bits per heavy atom. The van der Waals surface area contributed by atoms with Crippen molar-refractivity contribution in [2.24, 2.45) is 0 Å². The molecule has 3 aromatic rings. The molecule has 0 aliphatic carbocycles. The Balaban J connectivity index is 1.86. The fourth-order valence-corrected chi connectivity index (χ4v) is 3.08. The summed E-state index contributed by atoms with van der Waals surface area (Å²) in [7, 11) is 0. The van der Waals surface area contributed by atoms with Gasteiger partial charge in [-0.1, -0.05) is 0 Å². The summed E-state index contributed by atoms with van der Waals surface area (Å²) in [6.07, 6.45) is 2.49. The molecule has 2 aromatic heterocycles. The van der Waals surface area contributed by atoms with E-state index < -0.39 is 0 Å². The molecule has 0 bridgehead atoms. The van der Waals surface area contributed by atoms with Gasteiger partial charge in [0.05, 0.1) is 18.0 Å². The molecule has 4 rings (SSSR count). The highest BCUT2D eigenvalue weighted by Crippen LogP contribution is 2.35. The monoisotopic (exact) mass is 353 g/mol. The van der Waals surface area contributed by atoms with Gasteiger partial charge in [-0.3, -0.25) is 0 Å². The average Bonchev–Trinajstić information content (AvgIpc) is 3.01. The molecule has 1 aliphatic heterocycles. The molecule has 1 aromatic carbocycles. The normalized spacial score (nSPS) is 13.7. The lowest BCUT2D eigenvalue weighted by Crippen LogP contribution is -2.17. The van der Waals surface area contributed by atoms with Crippen LogP contribution in [-0.4, -0.2) is 32.4 Å². The largest absolute Gasteiger partial charge is 0.359 e. The second-order valence-corrected chi connectivity index (χ2v) is 6.53. The maximum atomic E-state index is 13.4. The molecule has 26 heavy (non-hydrogen) atoms. The molecular formula is C19H20FN5O. The van der Waals surface area contributed by atoms with Crippen molar-refractivity contribution in [3.05, 3.63) is 48.0 Å². The van der Waals surface area contributed by atoms with Crippen LogP contribution in [0.5, 0.6) is 0 Å². The van der Waals surface area contributed by atoms with Crippen molar-refractivity contribution in [2.45, 2.75) is 33.0 Å². The molecule has 134 valence electrons. The van der Waals surface area contributed by atoms with E-state index in [-0.39, 0.29) is 11.9 Å². The zero-order chi connectivity index (χ0) is 18.1. The van der Waals surface area contributed by atoms with Crippen LogP contribution in [-0.2, 0) is 17.9 Å². The minimum Gasteiger partial charge on any atom is -0.359 e. The third kappa shape index (κ3) is 3.17. The lowest BCUT2D eigenvalue weighted by molar-refractivity contribution is 0.0482. The van der Waals surface area contributed by atoms with Crippen LogP contribution in [0.1, 0.15) is 19.5 Å². The summed E-state index contributed by atoms with van der Waals surface area (Å²) in [5.41, 5.74) is 4.45. The van der Waals surface area contributed by atoms with Gasteiger partial charge in [0.1, 0.15) is 18.2 Å². The molecule has 0 spiro atoms. The van der Waals surface area contributed by atoms with Gasteiger partial charge in [0.25, 0.3) is 0 Å². The molecule has 0 saturated carbocycles. The van der Waals surface area contributed by atoms with E-state index in [1.165, 1.54) is 12.1 Å². The van der Waals surface area contributed by atoms with Gasteiger partial charge < -0.3 is 10.1 Å². The number of nitrogens with zero attached hydrogens (tertiary/aromatic N) is 4. The van der Waals surface area contributed by atoms with E-state index in [9.17, 15) is 4.39 Å². The van der Waals surface area contributed by atoms with Gasteiger partial charge >= 0.3 is 0 Å². The molecule has 0 unspecified atom stereocenters. The number of hydrogen-bond donors (Lipinski definition) is 1.